The number of benzene rings is 2. The Hall–Kier alpha value is -4.47. The molecule has 10 heteroatoms. The lowest BCUT2D eigenvalue weighted by Crippen LogP contribution is -2.47. The van der Waals surface area contributed by atoms with E-state index in [2.05, 4.69) is 65.3 Å². The second-order valence-corrected chi connectivity index (χ2v) is 11.4. The largest absolute Gasteiger partial charge is 0.372 e. The van der Waals surface area contributed by atoms with E-state index in [0.717, 1.165) is 80.3 Å². The first-order chi connectivity index (χ1) is 20.7. The van der Waals surface area contributed by atoms with Gasteiger partial charge in [0.25, 0.3) is 0 Å². The highest BCUT2D eigenvalue weighted by Crippen LogP contribution is 2.33. The minimum absolute atomic E-state index is 0.0292. The van der Waals surface area contributed by atoms with Crippen molar-refractivity contribution in [2.24, 2.45) is 0 Å². The first kappa shape index (κ1) is 26.4. The van der Waals surface area contributed by atoms with Gasteiger partial charge in [0.15, 0.2) is 0 Å². The van der Waals surface area contributed by atoms with E-state index in [0.29, 0.717) is 19.0 Å². The molecule has 3 aliphatic rings. The van der Waals surface area contributed by atoms with Crippen LogP contribution in [-0.2, 0) is 0 Å². The number of rotatable bonds is 5. The first-order valence-electron chi connectivity index (χ1n) is 15.1. The molecule has 0 bridgehead atoms. The molecule has 7 rings (SSSR count). The second-order valence-electron chi connectivity index (χ2n) is 11.4. The van der Waals surface area contributed by atoms with Crippen LogP contribution in [0.2, 0.25) is 0 Å². The molecule has 2 aromatic carbocycles. The summed E-state index contributed by atoms with van der Waals surface area (Å²) in [5.74, 6) is 1.10. The molecule has 0 aliphatic carbocycles. The molecule has 0 radical (unpaired) electrons. The van der Waals surface area contributed by atoms with Gasteiger partial charge in [0.05, 0.1) is 11.2 Å². The summed E-state index contributed by atoms with van der Waals surface area (Å²) in [6.45, 7) is 7.23. The number of carbonyl (C=O) groups is 1. The number of piperidine rings is 1. The van der Waals surface area contributed by atoms with Crippen LogP contribution in [0.15, 0.2) is 67.3 Å². The molecule has 0 spiro atoms. The zero-order chi connectivity index (χ0) is 28.3. The molecule has 0 saturated carbocycles. The van der Waals surface area contributed by atoms with Crippen molar-refractivity contribution in [3.8, 4) is 0 Å². The quantitative estimate of drug-likeness (QED) is 0.372. The van der Waals surface area contributed by atoms with Crippen molar-refractivity contribution < 1.29 is 4.79 Å². The summed E-state index contributed by atoms with van der Waals surface area (Å²) >= 11 is 0. The van der Waals surface area contributed by atoms with Crippen molar-refractivity contribution in [3.63, 3.8) is 0 Å². The minimum Gasteiger partial charge on any atom is -0.372 e. The zero-order valence-electron chi connectivity index (χ0n) is 23.9. The summed E-state index contributed by atoms with van der Waals surface area (Å²) < 4.78 is 0. The molecule has 42 heavy (non-hydrogen) atoms. The number of aromatic nitrogens is 4. The van der Waals surface area contributed by atoms with Gasteiger partial charge in [-0.1, -0.05) is 0 Å². The third-order valence-corrected chi connectivity index (χ3v) is 8.89. The fourth-order valence-corrected chi connectivity index (χ4v) is 6.50. The van der Waals surface area contributed by atoms with Crippen molar-refractivity contribution in [1.82, 2.24) is 24.8 Å². The average molecular weight is 564 g/mol. The number of carbonyl (C=O) groups excluding carboxylic acids is 1. The average Bonchev–Trinajstić information content (AvgIpc) is 3.60. The Morgan fingerprint density at radius 3 is 2.12 bits per heavy atom. The number of likely N-dealkylation sites (tertiary alicyclic amines) is 1. The molecule has 4 aromatic rings. The minimum atomic E-state index is -0.0292. The highest BCUT2D eigenvalue weighted by atomic mass is 16.2. The van der Waals surface area contributed by atoms with E-state index in [9.17, 15) is 4.79 Å². The van der Waals surface area contributed by atoms with Crippen molar-refractivity contribution in [2.45, 2.75) is 31.6 Å². The molecular formula is C32H37N9O. The Kier molecular flexibility index (Phi) is 7.42. The predicted molar refractivity (Wildman–Crippen MR) is 166 cm³/mol. The van der Waals surface area contributed by atoms with Gasteiger partial charge < -0.3 is 24.9 Å². The fourth-order valence-electron chi connectivity index (χ4n) is 6.50. The molecular weight excluding hydrogens is 526 g/mol. The third kappa shape index (κ3) is 5.53. The van der Waals surface area contributed by atoms with Crippen LogP contribution in [0.25, 0.3) is 10.9 Å². The Morgan fingerprint density at radius 2 is 1.38 bits per heavy atom. The molecule has 2 aromatic heterocycles. The number of amides is 2. The van der Waals surface area contributed by atoms with Crippen LogP contribution in [0.4, 0.5) is 27.8 Å². The predicted octanol–water partition coefficient (Wildman–Crippen LogP) is 4.76. The Balaban J connectivity index is 0.958. The Bertz CT molecular complexity index is 1510. The summed E-state index contributed by atoms with van der Waals surface area (Å²) in [6.07, 6.45) is 9.56. The monoisotopic (exact) mass is 563 g/mol. The lowest BCUT2D eigenvalue weighted by atomic mass is 9.91. The van der Waals surface area contributed by atoms with Crippen molar-refractivity contribution in [2.75, 3.05) is 72.4 Å². The molecule has 3 aliphatic heterocycles. The Morgan fingerprint density at radius 1 is 0.714 bits per heavy atom. The standard InChI is InChI=1S/C32H37N9O/c42-32(37-25-4-6-26(7-5-25)38-14-1-2-15-38)41-16-10-24(11-17-41)30-28-9-8-27(22-29(28)35-23-36-30)39-18-20-40(21-19-39)31-33-12-3-13-34-31/h3-9,12-13,22-24H,1-2,10-11,14-21H2,(H,37,42). The van der Waals surface area contributed by atoms with Crippen molar-refractivity contribution in [3.05, 3.63) is 72.9 Å². The molecule has 10 nitrogen and oxygen atoms in total. The molecule has 3 fully saturated rings. The van der Waals surface area contributed by atoms with Gasteiger partial charge in [-0.05, 0) is 74.2 Å². The van der Waals surface area contributed by atoms with Crippen LogP contribution in [0.5, 0.6) is 0 Å². The van der Waals surface area contributed by atoms with Gasteiger partial charge in [-0.3, -0.25) is 0 Å². The van der Waals surface area contributed by atoms with Gasteiger partial charge in [0.2, 0.25) is 5.95 Å². The molecule has 3 saturated heterocycles. The number of nitrogens with one attached hydrogen (secondary N) is 1. The SMILES string of the molecule is O=C(Nc1ccc(N2CCCC2)cc1)N1CCC(c2ncnc3cc(N4CCN(c5ncccn5)CC4)ccc23)CC1. The number of nitrogens with zero attached hydrogens (tertiary/aromatic N) is 8. The summed E-state index contributed by atoms with van der Waals surface area (Å²) in [6, 6.07) is 16.6. The van der Waals surface area contributed by atoms with Crippen LogP contribution in [0.3, 0.4) is 0 Å². The molecule has 1 N–H and O–H groups in total. The summed E-state index contributed by atoms with van der Waals surface area (Å²) in [7, 11) is 0. The molecule has 5 heterocycles. The van der Waals surface area contributed by atoms with E-state index in [-0.39, 0.29) is 6.03 Å². The maximum absolute atomic E-state index is 13.0. The number of fused-ring (bicyclic) bond motifs is 1. The van der Waals surface area contributed by atoms with Gasteiger partial charge in [-0.15, -0.1) is 0 Å². The summed E-state index contributed by atoms with van der Waals surface area (Å²) in [5, 5.41) is 4.20. The lowest BCUT2D eigenvalue weighted by molar-refractivity contribution is 0.194. The summed E-state index contributed by atoms with van der Waals surface area (Å²) in [5.41, 5.74) is 5.33. The van der Waals surface area contributed by atoms with E-state index in [1.54, 1.807) is 18.7 Å². The maximum Gasteiger partial charge on any atom is 0.321 e. The molecule has 2 amide bonds. The molecule has 0 unspecified atom stereocenters. The van der Waals surface area contributed by atoms with Gasteiger partial charge >= 0.3 is 6.03 Å². The summed E-state index contributed by atoms with van der Waals surface area (Å²) in [4.78, 5) is 40.1. The van der Waals surface area contributed by atoms with E-state index in [1.165, 1.54) is 24.2 Å². The smallest absolute Gasteiger partial charge is 0.321 e. The Labute approximate surface area is 246 Å². The van der Waals surface area contributed by atoms with E-state index >= 15 is 0 Å². The number of hydrogen-bond acceptors (Lipinski definition) is 8. The van der Waals surface area contributed by atoms with Gasteiger partial charge in [0, 0.05) is 93.1 Å². The van der Waals surface area contributed by atoms with Crippen LogP contribution in [0, 0.1) is 0 Å². The second kappa shape index (κ2) is 11.8. The number of anilines is 4. The van der Waals surface area contributed by atoms with Crippen LogP contribution in [-0.4, -0.2) is 83.2 Å². The van der Waals surface area contributed by atoms with Gasteiger partial charge in [-0.25, -0.2) is 24.7 Å². The number of hydrogen-bond donors (Lipinski definition) is 1. The van der Waals surface area contributed by atoms with Crippen LogP contribution >= 0.6 is 0 Å². The van der Waals surface area contributed by atoms with Crippen LogP contribution < -0.4 is 20.0 Å². The highest BCUT2D eigenvalue weighted by molar-refractivity contribution is 5.90. The third-order valence-electron chi connectivity index (χ3n) is 8.89. The van der Waals surface area contributed by atoms with Gasteiger partial charge in [0.1, 0.15) is 6.33 Å². The number of urea groups is 1. The van der Waals surface area contributed by atoms with Crippen molar-refractivity contribution >= 4 is 39.9 Å². The first-order valence-corrected chi connectivity index (χ1v) is 15.1. The van der Waals surface area contributed by atoms with E-state index in [1.807, 2.05) is 23.1 Å². The molecule has 0 atom stereocenters. The fraction of sp³-hybridized carbons (Fsp3) is 0.406. The van der Waals surface area contributed by atoms with Crippen molar-refractivity contribution in [1.29, 1.82) is 0 Å². The lowest BCUT2D eigenvalue weighted by Gasteiger charge is -2.36. The van der Waals surface area contributed by atoms with Gasteiger partial charge in [-0.2, -0.15) is 0 Å². The topological polar surface area (TPSA) is 93.6 Å². The molecule has 216 valence electrons. The normalized spacial score (nSPS) is 18.1. The number of piperazine rings is 1. The highest BCUT2D eigenvalue weighted by Gasteiger charge is 2.27. The van der Waals surface area contributed by atoms with Crippen LogP contribution in [0.1, 0.15) is 37.3 Å². The van der Waals surface area contributed by atoms with E-state index < -0.39 is 0 Å². The van der Waals surface area contributed by atoms with E-state index in [4.69, 9.17) is 4.98 Å². The maximum atomic E-state index is 13.0. The zero-order valence-corrected chi connectivity index (χ0v) is 23.9.